The van der Waals surface area contributed by atoms with Crippen molar-refractivity contribution in [3.63, 3.8) is 0 Å². The maximum absolute atomic E-state index is 13.8. The Morgan fingerprint density at radius 2 is 1.71 bits per heavy atom. The molecule has 9 heteroatoms. The van der Waals surface area contributed by atoms with E-state index in [4.69, 9.17) is 4.74 Å². The first-order chi connectivity index (χ1) is 16.4. The van der Waals surface area contributed by atoms with Crippen LogP contribution in [0.5, 0.6) is 5.75 Å². The second kappa shape index (κ2) is 9.95. The Morgan fingerprint density at radius 3 is 2.47 bits per heavy atom. The predicted octanol–water partition coefficient (Wildman–Crippen LogP) is 4.08. The number of hydrogen-bond donors (Lipinski definition) is 2. The van der Waals surface area contributed by atoms with Crippen LogP contribution in [0.3, 0.4) is 0 Å². The van der Waals surface area contributed by atoms with Crippen LogP contribution >= 0.6 is 0 Å². The van der Waals surface area contributed by atoms with E-state index in [1.165, 1.54) is 30.3 Å². The fourth-order valence-electron chi connectivity index (χ4n) is 3.25. The SMILES string of the molecule is O=C(CN1C(=O)N/C(=C/c2cccc(OCc3ccccc3F)c2)C1=O)Nc1ccccc1F. The maximum atomic E-state index is 13.8. The van der Waals surface area contributed by atoms with Gasteiger partial charge < -0.3 is 15.4 Å². The van der Waals surface area contributed by atoms with Crippen molar-refractivity contribution in [2.75, 3.05) is 11.9 Å². The van der Waals surface area contributed by atoms with Gasteiger partial charge in [-0.3, -0.25) is 9.59 Å². The quantitative estimate of drug-likeness (QED) is 0.408. The molecule has 1 saturated heterocycles. The highest BCUT2D eigenvalue weighted by atomic mass is 19.1. The summed E-state index contributed by atoms with van der Waals surface area (Å²) in [5.74, 6) is -2.00. The first-order valence-electron chi connectivity index (χ1n) is 10.3. The zero-order valence-electron chi connectivity index (χ0n) is 17.8. The molecule has 172 valence electrons. The Labute approximate surface area is 193 Å². The van der Waals surface area contributed by atoms with Crippen molar-refractivity contribution in [2.24, 2.45) is 0 Å². The van der Waals surface area contributed by atoms with Gasteiger partial charge in [-0.05, 0) is 42.0 Å². The molecule has 0 aromatic heterocycles. The molecule has 0 atom stereocenters. The van der Waals surface area contributed by atoms with Crippen LogP contribution in [0.4, 0.5) is 19.3 Å². The van der Waals surface area contributed by atoms with Gasteiger partial charge in [-0.1, -0.05) is 42.5 Å². The predicted molar refractivity (Wildman–Crippen MR) is 120 cm³/mol. The minimum Gasteiger partial charge on any atom is -0.489 e. The number of halogens is 2. The number of ether oxygens (including phenoxy) is 1. The molecule has 3 aromatic rings. The van der Waals surface area contributed by atoms with Crippen LogP contribution in [0.1, 0.15) is 11.1 Å². The second-order valence-corrected chi connectivity index (χ2v) is 7.36. The lowest BCUT2D eigenvalue weighted by Gasteiger charge is -2.12. The normalized spacial score (nSPS) is 14.3. The van der Waals surface area contributed by atoms with Crippen molar-refractivity contribution in [1.82, 2.24) is 10.2 Å². The average Bonchev–Trinajstić information content (AvgIpc) is 3.07. The van der Waals surface area contributed by atoms with Crippen LogP contribution in [-0.2, 0) is 16.2 Å². The number of imide groups is 1. The van der Waals surface area contributed by atoms with E-state index >= 15 is 0 Å². The van der Waals surface area contributed by atoms with Gasteiger partial charge >= 0.3 is 6.03 Å². The summed E-state index contributed by atoms with van der Waals surface area (Å²) >= 11 is 0. The van der Waals surface area contributed by atoms with Crippen LogP contribution < -0.4 is 15.4 Å². The molecule has 0 spiro atoms. The average molecular weight is 463 g/mol. The van der Waals surface area contributed by atoms with Crippen LogP contribution in [0.15, 0.2) is 78.5 Å². The van der Waals surface area contributed by atoms with Crippen molar-refractivity contribution < 1.29 is 27.9 Å². The van der Waals surface area contributed by atoms with E-state index in [1.807, 2.05) is 0 Å². The summed E-state index contributed by atoms with van der Waals surface area (Å²) < 4.78 is 33.1. The monoisotopic (exact) mass is 463 g/mol. The molecule has 0 radical (unpaired) electrons. The molecule has 1 fully saturated rings. The summed E-state index contributed by atoms with van der Waals surface area (Å²) in [4.78, 5) is 37.8. The zero-order chi connectivity index (χ0) is 24.1. The van der Waals surface area contributed by atoms with E-state index < -0.39 is 30.2 Å². The lowest BCUT2D eigenvalue weighted by molar-refractivity contribution is -0.127. The van der Waals surface area contributed by atoms with Gasteiger partial charge in [0.25, 0.3) is 5.91 Å². The highest BCUT2D eigenvalue weighted by Crippen LogP contribution is 2.20. The topological polar surface area (TPSA) is 87.7 Å². The maximum Gasteiger partial charge on any atom is 0.329 e. The van der Waals surface area contributed by atoms with Crippen LogP contribution in [0.25, 0.3) is 6.08 Å². The van der Waals surface area contributed by atoms with Gasteiger partial charge in [0.15, 0.2) is 0 Å². The third-order valence-electron chi connectivity index (χ3n) is 4.93. The molecule has 7 nitrogen and oxygen atoms in total. The minimum atomic E-state index is -0.771. The van der Waals surface area contributed by atoms with Gasteiger partial charge in [-0.25, -0.2) is 18.5 Å². The van der Waals surface area contributed by atoms with Gasteiger partial charge in [-0.15, -0.1) is 0 Å². The Hall–Kier alpha value is -4.53. The summed E-state index contributed by atoms with van der Waals surface area (Å²) in [7, 11) is 0. The van der Waals surface area contributed by atoms with Crippen LogP contribution in [0.2, 0.25) is 0 Å². The number of carbonyl (C=O) groups is 3. The molecular weight excluding hydrogens is 444 g/mol. The fraction of sp³-hybridized carbons (Fsp3) is 0.0800. The van der Waals surface area contributed by atoms with Gasteiger partial charge in [0, 0.05) is 5.56 Å². The molecule has 2 N–H and O–H groups in total. The lowest BCUT2D eigenvalue weighted by atomic mass is 10.1. The van der Waals surface area contributed by atoms with E-state index in [1.54, 1.807) is 48.5 Å². The van der Waals surface area contributed by atoms with E-state index in [9.17, 15) is 23.2 Å². The number of hydrogen-bond acceptors (Lipinski definition) is 4. The first kappa shape index (κ1) is 22.7. The molecule has 0 saturated carbocycles. The molecule has 0 unspecified atom stereocenters. The number of carbonyl (C=O) groups excluding carboxylic acids is 3. The minimum absolute atomic E-state index is 0.0211. The Balaban J connectivity index is 1.41. The van der Waals surface area contributed by atoms with Gasteiger partial charge in [0.05, 0.1) is 5.69 Å². The molecule has 3 aromatic carbocycles. The lowest BCUT2D eigenvalue weighted by Crippen LogP contribution is -2.38. The standard InChI is InChI=1S/C25H19F2N3O4/c26-19-9-2-1-7-17(19)15-34-18-8-5-6-16(12-18)13-22-24(32)30(25(33)29-22)14-23(31)28-21-11-4-3-10-20(21)27/h1-13H,14-15H2,(H,28,31)(H,29,33)/b22-13+. The van der Waals surface area contributed by atoms with Crippen molar-refractivity contribution in [1.29, 1.82) is 0 Å². The Morgan fingerprint density at radius 1 is 0.971 bits per heavy atom. The first-order valence-corrected chi connectivity index (χ1v) is 10.3. The second-order valence-electron chi connectivity index (χ2n) is 7.36. The van der Waals surface area contributed by atoms with E-state index in [-0.39, 0.29) is 23.8 Å². The summed E-state index contributed by atoms with van der Waals surface area (Å²) in [6.07, 6.45) is 1.44. The zero-order valence-corrected chi connectivity index (χ0v) is 17.8. The number of nitrogens with zero attached hydrogens (tertiary/aromatic N) is 1. The summed E-state index contributed by atoms with van der Waals surface area (Å²) in [5.41, 5.74) is 0.860. The number of para-hydroxylation sites is 1. The van der Waals surface area contributed by atoms with Crippen LogP contribution in [-0.4, -0.2) is 29.3 Å². The number of nitrogens with one attached hydrogen (secondary N) is 2. The molecule has 1 heterocycles. The molecule has 0 aliphatic carbocycles. The van der Waals surface area contributed by atoms with Crippen LogP contribution in [0, 0.1) is 11.6 Å². The molecule has 4 rings (SSSR count). The number of rotatable bonds is 7. The molecule has 4 amide bonds. The van der Waals surface area contributed by atoms with Crippen molar-refractivity contribution in [2.45, 2.75) is 6.61 Å². The fourth-order valence-corrected chi connectivity index (χ4v) is 3.25. The van der Waals surface area contributed by atoms with Gasteiger partial charge in [0.2, 0.25) is 5.91 Å². The Bertz CT molecular complexity index is 1290. The molecule has 1 aliphatic rings. The number of amides is 4. The summed E-state index contributed by atoms with van der Waals surface area (Å²) in [6.45, 7) is -0.560. The third kappa shape index (κ3) is 5.26. The number of benzene rings is 3. The molecule has 34 heavy (non-hydrogen) atoms. The van der Waals surface area contributed by atoms with Gasteiger partial charge in [0.1, 0.15) is 36.2 Å². The number of urea groups is 1. The largest absolute Gasteiger partial charge is 0.489 e. The molecular formula is C25H19F2N3O4. The van der Waals surface area contributed by atoms with E-state index in [0.717, 1.165) is 4.90 Å². The van der Waals surface area contributed by atoms with E-state index in [2.05, 4.69) is 10.6 Å². The summed E-state index contributed by atoms with van der Waals surface area (Å²) in [6, 6.07) is 17.7. The smallest absolute Gasteiger partial charge is 0.329 e. The number of anilines is 1. The van der Waals surface area contributed by atoms with E-state index in [0.29, 0.717) is 16.9 Å². The van der Waals surface area contributed by atoms with Gasteiger partial charge in [-0.2, -0.15) is 0 Å². The highest BCUT2D eigenvalue weighted by molar-refractivity contribution is 6.15. The summed E-state index contributed by atoms with van der Waals surface area (Å²) in [5, 5.41) is 4.75. The molecule has 0 bridgehead atoms. The van der Waals surface area contributed by atoms with Crippen molar-refractivity contribution in [3.8, 4) is 5.75 Å². The third-order valence-corrected chi connectivity index (χ3v) is 4.93. The Kier molecular flexibility index (Phi) is 6.63. The molecule has 1 aliphatic heterocycles. The van der Waals surface area contributed by atoms with Crippen molar-refractivity contribution >= 4 is 29.6 Å². The van der Waals surface area contributed by atoms with Crippen molar-refractivity contribution in [3.05, 3.63) is 101 Å². The highest BCUT2D eigenvalue weighted by Gasteiger charge is 2.35.